The Labute approximate surface area is 98.8 Å². The van der Waals surface area contributed by atoms with E-state index in [1.54, 1.807) is 0 Å². The predicted octanol–water partition coefficient (Wildman–Crippen LogP) is 2.75. The molecule has 0 aromatic rings. The number of rotatable bonds is 4. The van der Waals surface area contributed by atoms with Crippen LogP contribution in [0.4, 0.5) is 0 Å². The highest BCUT2D eigenvalue weighted by molar-refractivity contribution is 5.78. The maximum Gasteiger partial charge on any atom is 0.323 e. The lowest BCUT2D eigenvalue weighted by molar-refractivity contribution is -0.152. The fourth-order valence-electron chi connectivity index (χ4n) is 2.49. The molecule has 94 valence electrons. The average Bonchev–Trinajstić information content (AvgIpc) is 2.17. The molecular weight excluding hydrogens is 202 g/mol. The molecular formula is C13H25NO2. The van der Waals surface area contributed by atoms with Gasteiger partial charge in [0.05, 0.1) is 0 Å². The second-order valence-corrected chi connectivity index (χ2v) is 5.98. The van der Waals surface area contributed by atoms with Gasteiger partial charge in [-0.15, -0.1) is 0 Å². The van der Waals surface area contributed by atoms with Crippen molar-refractivity contribution in [3.63, 3.8) is 0 Å². The lowest BCUT2D eigenvalue weighted by Gasteiger charge is -2.44. The highest BCUT2D eigenvalue weighted by Crippen LogP contribution is 2.34. The minimum atomic E-state index is -0.672. The lowest BCUT2D eigenvalue weighted by atomic mass is 9.80. The van der Waals surface area contributed by atoms with E-state index >= 15 is 0 Å². The first-order valence-corrected chi connectivity index (χ1v) is 6.30. The Morgan fingerprint density at radius 3 is 2.25 bits per heavy atom. The highest BCUT2D eigenvalue weighted by atomic mass is 16.4. The molecule has 1 heterocycles. The van der Waals surface area contributed by atoms with Crippen LogP contribution in [0.25, 0.3) is 0 Å². The summed E-state index contributed by atoms with van der Waals surface area (Å²) in [6.45, 7) is 10.3. The van der Waals surface area contributed by atoms with Crippen LogP contribution in [0.3, 0.4) is 0 Å². The van der Waals surface area contributed by atoms with E-state index < -0.39 is 11.5 Å². The van der Waals surface area contributed by atoms with E-state index in [9.17, 15) is 9.90 Å². The Kier molecular flexibility index (Phi) is 4.00. The minimum Gasteiger partial charge on any atom is -0.480 e. The molecule has 0 aliphatic carbocycles. The number of carboxylic acids is 1. The van der Waals surface area contributed by atoms with Gasteiger partial charge in [-0.3, -0.25) is 9.69 Å². The first-order valence-electron chi connectivity index (χ1n) is 6.30. The molecule has 1 unspecified atom stereocenters. The summed E-state index contributed by atoms with van der Waals surface area (Å²) < 4.78 is 0. The van der Waals surface area contributed by atoms with Gasteiger partial charge in [0, 0.05) is 0 Å². The van der Waals surface area contributed by atoms with E-state index in [0.29, 0.717) is 5.41 Å². The first-order chi connectivity index (χ1) is 7.32. The molecule has 16 heavy (non-hydrogen) atoms. The molecule has 1 atom stereocenters. The van der Waals surface area contributed by atoms with Crippen molar-refractivity contribution in [2.45, 2.75) is 58.9 Å². The lowest BCUT2D eigenvalue weighted by Crippen LogP contribution is -2.55. The summed E-state index contributed by atoms with van der Waals surface area (Å²) in [6.07, 6.45) is 3.85. The van der Waals surface area contributed by atoms with E-state index in [4.69, 9.17) is 0 Å². The monoisotopic (exact) mass is 227 g/mol. The number of carboxylic acid groups (broad SMARTS) is 1. The first kappa shape index (κ1) is 13.5. The van der Waals surface area contributed by atoms with Gasteiger partial charge >= 0.3 is 5.97 Å². The molecule has 1 aliphatic heterocycles. The van der Waals surface area contributed by atoms with E-state index in [1.165, 1.54) is 0 Å². The topological polar surface area (TPSA) is 40.5 Å². The van der Waals surface area contributed by atoms with Crippen LogP contribution >= 0.6 is 0 Å². The normalized spacial score (nSPS) is 25.0. The van der Waals surface area contributed by atoms with Gasteiger partial charge < -0.3 is 5.11 Å². The fraction of sp³-hybridized carbons (Fsp3) is 0.923. The van der Waals surface area contributed by atoms with Crippen LogP contribution in [0.15, 0.2) is 0 Å². The number of hydrogen-bond donors (Lipinski definition) is 1. The minimum absolute atomic E-state index is 0.377. The fourth-order valence-corrected chi connectivity index (χ4v) is 2.49. The smallest absolute Gasteiger partial charge is 0.323 e. The average molecular weight is 227 g/mol. The number of carbonyl (C=O) groups is 1. The summed E-state index contributed by atoms with van der Waals surface area (Å²) in [5, 5.41) is 9.40. The van der Waals surface area contributed by atoms with Crippen molar-refractivity contribution in [2.75, 3.05) is 13.1 Å². The van der Waals surface area contributed by atoms with Crippen LogP contribution in [0.5, 0.6) is 0 Å². The Morgan fingerprint density at radius 1 is 1.38 bits per heavy atom. The van der Waals surface area contributed by atoms with Crippen molar-refractivity contribution >= 4 is 5.97 Å². The second kappa shape index (κ2) is 4.74. The van der Waals surface area contributed by atoms with Gasteiger partial charge in [-0.05, 0) is 44.7 Å². The summed E-state index contributed by atoms with van der Waals surface area (Å²) in [6, 6.07) is 0. The molecule has 0 radical (unpaired) electrons. The van der Waals surface area contributed by atoms with Crippen molar-refractivity contribution < 1.29 is 9.90 Å². The summed E-state index contributed by atoms with van der Waals surface area (Å²) in [5.74, 6) is -0.672. The molecule has 1 N–H and O–H groups in total. The summed E-state index contributed by atoms with van der Waals surface area (Å²) in [5.41, 5.74) is -0.284. The molecule has 0 spiro atoms. The van der Waals surface area contributed by atoms with Gasteiger partial charge in [0.2, 0.25) is 0 Å². The van der Waals surface area contributed by atoms with Crippen LogP contribution in [-0.2, 0) is 4.79 Å². The van der Waals surface area contributed by atoms with Gasteiger partial charge in [0.15, 0.2) is 0 Å². The third-order valence-corrected chi connectivity index (χ3v) is 4.01. The van der Waals surface area contributed by atoms with Gasteiger partial charge in [0.25, 0.3) is 0 Å². The van der Waals surface area contributed by atoms with Gasteiger partial charge in [-0.1, -0.05) is 27.2 Å². The maximum atomic E-state index is 11.4. The summed E-state index contributed by atoms with van der Waals surface area (Å²) in [4.78, 5) is 13.6. The van der Waals surface area contributed by atoms with E-state index in [1.807, 2.05) is 6.92 Å². The Balaban J connectivity index is 2.71. The molecule has 0 aromatic heterocycles. The quantitative estimate of drug-likeness (QED) is 0.803. The van der Waals surface area contributed by atoms with Crippen LogP contribution < -0.4 is 0 Å². The summed E-state index contributed by atoms with van der Waals surface area (Å²) in [7, 11) is 0. The summed E-state index contributed by atoms with van der Waals surface area (Å²) >= 11 is 0. The zero-order valence-electron chi connectivity index (χ0n) is 11.0. The molecule has 1 fully saturated rings. The number of likely N-dealkylation sites (tertiary alicyclic amines) is 1. The highest BCUT2D eigenvalue weighted by Gasteiger charge is 2.41. The molecule has 0 saturated carbocycles. The molecule has 0 aromatic carbocycles. The van der Waals surface area contributed by atoms with Crippen molar-refractivity contribution in [2.24, 2.45) is 5.41 Å². The van der Waals surface area contributed by atoms with Crippen molar-refractivity contribution in [1.82, 2.24) is 4.90 Å². The van der Waals surface area contributed by atoms with E-state index in [-0.39, 0.29) is 0 Å². The molecule has 3 heteroatoms. The van der Waals surface area contributed by atoms with E-state index in [2.05, 4.69) is 25.7 Å². The maximum absolute atomic E-state index is 11.4. The molecule has 1 aliphatic rings. The Bertz CT molecular complexity index is 253. The van der Waals surface area contributed by atoms with Gasteiger partial charge in [-0.25, -0.2) is 0 Å². The molecule has 1 rings (SSSR count). The Morgan fingerprint density at radius 2 is 1.88 bits per heavy atom. The van der Waals surface area contributed by atoms with Crippen molar-refractivity contribution in [3.05, 3.63) is 0 Å². The number of nitrogens with zero attached hydrogens (tertiary/aromatic N) is 1. The van der Waals surface area contributed by atoms with Gasteiger partial charge in [0.1, 0.15) is 5.54 Å². The number of aliphatic carboxylic acids is 1. The van der Waals surface area contributed by atoms with Gasteiger partial charge in [-0.2, -0.15) is 0 Å². The van der Waals surface area contributed by atoms with Crippen molar-refractivity contribution in [3.8, 4) is 0 Å². The van der Waals surface area contributed by atoms with E-state index in [0.717, 1.165) is 38.8 Å². The van der Waals surface area contributed by atoms with Crippen LogP contribution in [-0.4, -0.2) is 34.6 Å². The number of piperidine rings is 1. The molecule has 1 saturated heterocycles. The molecule has 0 bridgehead atoms. The largest absolute Gasteiger partial charge is 0.480 e. The predicted molar refractivity (Wildman–Crippen MR) is 65.5 cm³/mol. The Hall–Kier alpha value is -0.570. The third kappa shape index (κ3) is 2.76. The third-order valence-electron chi connectivity index (χ3n) is 4.01. The van der Waals surface area contributed by atoms with Crippen LogP contribution in [0.2, 0.25) is 0 Å². The molecule has 3 nitrogen and oxygen atoms in total. The van der Waals surface area contributed by atoms with Crippen LogP contribution in [0, 0.1) is 5.41 Å². The zero-order chi connectivity index (χ0) is 12.4. The second-order valence-electron chi connectivity index (χ2n) is 5.98. The zero-order valence-corrected chi connectivity index (χ0v) is 11.0. The molecule has 0 amide bonds. The standard InChI is InChI=1S/C13H25NO2/c1-5-6-13(4,11(15)16)14-9-7-12(2,3)8-10-14/h5-10H2,1-4H3,(H,15,16). The SMILES string of the molecule is CCCC(C)(C(=O)O)N1CCC(C)(C)CC1. The van der Waals surface area contributed by atoms with Crippen LogP contribution in [0.1, 0.15) is 53.4 Å². The number of hydrogen-bond acceptors (Lipinski definition) is 2. The van der Waals surface area contributed by atoms with Crippen molar-refractivity contribution in [1.29, 1.82) is 0 Å².